The molecule has 1 aromatic heterocycles. The maximum absolute atomic E-state index is 5.91. The van der Waals surface area contributed by atoms with Gasteiger partial charge in [-0.3, -0.25) is 5.84 Å². The van der Waals surface area contributed by atoms with Crippen LogP contribution in [0.25, 0.3) is 11.0 Å². The van der Waals surface area contributed by atoms with Gasteiger partial charge in [-0.2, -0.15) is 0 Å². The van der Waals surface area contributed by atoms with E-state index in [1.54, 1.807) is 0 Å². The summed E-state index contributed by atoms with van der Waals surface area (Å²) in [6, 6.07) is 16.6. The Bertz CT molecular complexity index is 708. The second kappa shape index (κ2) is 5.72. The van der Waals surface area contributed by atoms with Gasteiger partial charge < -0.3 is 4.42 Å². The van der Waals surface area contributed by atoms with E-state index in [4.69, 9.17) is 10.3 Å². The minimum absolute atomic E-state index is 0.0291. The fourth-order valence-electron chi connectivity index (χ4n) is 2.84. The monoisotopic (exact) mass is 280 g/mol. The van der Waals surface area contributed by atoms with Crippen molar-refractivity contribution in [3.05, 3.63) is 71.0 Å². The Balaban J connectivity index is 1.90. The average Bonchev–Trinajstić information content (AvgIpc) is 2.87. The number of furan rings is 1. The molecule has 0 spiro atoms. The van der Waals surface area contributed by atoms with E-state index in [1.165, 1.54) is 16.7 Å². The third-order valence-corrected chi connectivity index (χ3v) is 3.71. The van der Waals surface area contributed by atoms with Gasteiger partial charge in [0.15, 0.2) is 0 Å². The summed E-state index contributed by atoms with van der Waals surface area (Å²) in [7, 11) is 0. The van der Waals surface area contributed by atoms with Crippen LogP contribution in [0.5, 0.6) is 0 Å². The molecular formula is C18H20N2O. The summed E-state index contributed by atoms with van der Waals surface area (Å²) in [5.41, 5.74) is 7.57. The lowest BCUT2D eigenvalue weighted by Crippen LogP contribution is -2.29. The zero-order chi connectivity index (χ0) is 14.8. The van der Waals surface area contributed by atoms with Crippen LogP contribution in [0.3, 0.4) is 0 Å². The molecule has 0 saturated carbocycles. The fraction of sp³-hybridized carbons (Fsp3) is 0.222. The number of hydrogen-bond donors (Lipinski definition) is 2. The highest BCUT2D eigenvalue weighted by Gasteiger charge is 2.16. The quantitative estimate of drug-likeness (QED) is 0.564. The molecule has 108 valence electrons. The van der Waals surface area contributed by atoms with Gasteiger partial charge in [0.2, 0.25) is 0 Å². The van der Waals surface area contributed by atoms with Crippen molar-refractivity contribution >= 4 is 11.0 Å². The normalized spacial score (nSPS) is 12.7. The molecule has 1 heterocycles. The van der Waals surface area contributed by atoms with Crippen LogP contribution in [-0.2, 0) is 6.42 Å². The van der Waals surface area contributed by atoms with Gasteiger partial charge >= 0.3 is 0 Å². The number of benzene rings is 2. The Morgan fingerprint density at radius 3 is 2.43 bits per heavy atom. The second-order valence-corrected chi connectivity index (χ2v) is 5.61. The first-order valence-electron chi connectivity index (χ1n) is 7.17. The van der Waals surface area contributed by atoms with Crippen LogP contribution in [0, 0.1) is 13.8 Å². The molecule has 3 N–H and O–H groups in total. The predicted molar refractivity (Wildman–Crippen MR) is 85.9 cm³/mol. The molecule has 0 aliphatic carbocycles. The first-order valence-corrected chi connectivity index (χ1v) is 7.17. The molecule has 0 radical (unpaired) electrons. The standard InChI is InChI=1S/C18H20N2O/c1-12-7-13(2)9-14(8-12)10-16(20-19)18-11-15-5-3-4-6-17(15)21-18/h3-9,11,16,20H,10,19H2,1-2H3. The van der Waals surface area contributed by atoms with E-state index in [9.17, 15) is 0 Å². The van der Waals surface area contributed by atoms with Gasteiger partial charge in [0.1, 0.15) is 11.3 Å². The van der Waals surface area contributed by atoms with Crippen molar-refractivity contribution in [2.24, 2.45) is 5.84 Å². The van der Waals surface area contributed by atoms with Crippen LogP contribution >= 0.6 is 0 Å². The molecule has 3 aromatic rings. The van der Waals surface area contributed by atoms with Crippen molar-refractivity contribution in [3.8, 4) is 0 Å². The van der Waals surface area contributed by atoms with Crippen molar-refractivity contribution < 1.29 is 4.42 Å². The number of nitrogens with one attached hydrogen (secondary N) is 1. The third-order valence-electron chi connectivity index (χ3n) is 3.71. The molecule has 21 heavy (non-hydrogen) atoms. The lowest BCUT2D eigenvalue weighted by atomic mass is 10.00. The Morgan fingerprint density at radius 1 is 1.05 bits per heavy atom. The van der Waals surface area contributed by atoms with Gasteiger partial charge in [0.25, 0.3) is 0 Å². The molecule has 0 amide bonds. The van der Waals surface area contributed by atoms with E-state index in [1.807, 2.05) is 24.3 Å². The molecule has 1 atom stereocenters. The van der Waals surface area contributed by atoms with Crippen molar-refractivity contribution in [3.63, 3.8) is 0 Å². The highest BCUT2D eigenvalue weighted by molar-refractivity contribution is 5.77. The third kappa shape index (κ3) is 2.99. The van der Waals surface area contributed by atoms with E-state index in [0.717, 1.165) is 23.2 Å². The summed E-state index contributed by atoms with van der Waals surface area (Å²) in [6.45, 7) is 4.23. The van der Waals surface area contributed by atoms with Gasteiger partial charge in [0, 0.05) is 5.39 Å². The molecule has 3 nitrogen and oxygen atoms in total. The van der Waals surface area contributed by atoms with Gasteiger partial charge in [-0.15, -0.1) is 0 Å². The van der Waals surface area contributed by atoms with Crippen LogP contribution in [0.2, 0.25) is 0 Å². The summed E-state index contributed by atoms with van der Waals surface area (Å²) < 4.78 is 5.91. The first kappa shape index (κ1) is 13.9. The highest BCUT2D eigenvalue weighted by Crippen LogP contribution is 2.26. The van der Waals surface area contributed by atoms with Crippen LogP contribution in [0.4, 0.5) is 0 Å². The van der Waals surface area contributed by atoms with Crippen LogP contribution in [-0.4, -0.2) is 0 Å². The lowest BCUT2D eigenvalue weighted by Gasteiger charge is -2.14. The number of rotatable bonds is 4. The zero-order valence-electron chi connectivity index (χ0n) is 12.4. The van der Waals surface area contributed by atoms with Crippen LogP contribution < -0.4 is 11.3 Å². The minimum Gasteiger partial charge on any atom is -0.459 e. The maximum Gasteiger partial charge on any atom is 0.134 e. The van der Waals surface area contributed by atoms with E-state index in [2.05, 4.69) is 43.5 Å². The van der Waals surface area contributed by atoms with E-state index < -0.39 is 0 Å². The Kier molecular flexibility index (Phi) is 3.78. The molecule has 2 aromatic carbocycles. The summed E-state index contributed by atoms with van der Waals surface area (Å²) in [4.78, 5) is 0. The smallest absolute Gasteiger partial charge is 0.134 e. The van der Waals surface area contributed by atoms with E-state index in [-0.39, 0.29) is 6.04 Å². The van der Waals surface area contributed by atoms with Crippen molar-refractivity contribution in [1.82, 2.24) is 5.43 Å². The summed E-state index contributed by atoms with van der Waals surface area (Å²) in [6.07, 6.45) is 0.804. The number of hydrazine groups is 1. The Hall–Kier alpha value is -2.10. The van der Waals surface area contributed by atoms with Crippen molar-refractivity contribution in [1.29, 1.82) is 0 Å². The maximum atomic E-state index is 5.91. The second-order valence-electron chi connectivity index (χ2n) is 5.61. The number of nitrogens with two attached hydrogens (primary N) is 1. The topological polar surface area (TPSA) is 51.2 Å². The molecule has 3 rings (SSSR count). The largest absolute Gasteiger partial charge is 0.459 e. The molecule has 0 bridgehead atoms. The van der Waals surface area contributed by atoms with Gasteiger partial charge in [0.05, 0.1) is 6.04 Å². The number of fused-ring (bicyclic) bond motifs is 1. The number of para-hydroxylation sites is 1. The van der Waals surface area contributed by atoms with Gasteiger partial charge in [-0.25, -0.2) is 5.43 Å². The molecule has 1 unspecified atom stereocenters. The lowest BCUT2D eigenvalue weighted by molar-refractivity contribution is 0.434. The van der Waals surface area contributed by atoms with E-state index in [0.29, 0.717) is 0 Å². The Morgan fingerprint density at radius 2 is 1.76 bits per heavy atom. The number of hydrogen-bond acceptors (Lipinski definition) is 3. The molecule has 0 aliphatic rings. The molecule has 3 heteroatoms. The molecule has 0 saturated heterocycles. The number of aryl methyl sites for hydroxylation is 2. The summed E-state index contributed by atoms with van der Waals surface area (Å²) in [5.74, 6) is 6.61. The molecule has 0 fully saturated rings. The van der Waals surface area contributed by atoms with Gasteiger partial charge in [-0.05, 0) is 38.0 Å². The van der Waals surface area contributed by atoms with E-state index >= 15 is 0 Å². The highest BCUT2D eigenvalue weighted by atomic mass is 16.3. The first-order chi connectivity index (χ1) is 10.2. The predicted octanol–water partition coefficient (Wildman–Crippen LogP) is 3.80. The average molecular weight is 280 g/mol. The van der Waals surface area contributed by atoms with Gasteiger partial charge in [-0.1, -0.05) is 47.5 Å². The summed E-state index contributed by atoms with van der Waals surface area (Å²) in [5, 5.41) is 1.10. The van der Waals surface area contributed by atoms with Crippen LogP contribution in [0.1, 0.15) is 28.5 Å². The van der Waals surface area contributed by atoms with Crippen LogP contribution in [0.15, 0.2) is 52.9 Å². The Labute approximate surface area is 124 Å². The summed E-state index contributed by atoms with van der Waals surface area (Å²) >= 11 is 0. The fourth-order valence-corrected chi connectivity index (χ4v) is 2.84. The van der Waals surface area contributed by atoms with Crippen molar-refractivity contribution in [2.75, 3.05) is 0 Å². The SMILES string of the molecule is Cc1cc(C)cc(CC(NN)c2cc3ccccc3o2)c1. The van der Waals surface area contributed by atoms with Crippen molar-refractivity contribution in [2.45, 2.75) is 26.3 Å². The molecule has 0 aliphatic heterocycles. The molecular weight excluding hydrogens is 260 g/mol. The minimum atomic E-state index is -0.0291. The zero-order valence-corrected chi connectivity index (χ0v) is 12.4.